The molecule has 2 aromatic rings. The lowest BCUT2D eigenvalue weighted by Gasteiger charge is -2.09. The molecule has 0 aliphatic rings. The average molecular weight is 349 g/mol. The third kappa shape index (κ3) is 4.02. The SMILES string of the molecule is CNC(=O)Nc1ccc(S(=O)(=O)NC(=O)c2ccccc2O)cc1. The number of hydrogen-bond acceptors (Lipinski definition) is 5. The van der Waals surface area contributed by atoms with Gasteiger partial charge in [0.15, 0.2) is 0 Å². The van der Waals surface area contributed by atoms with Gasteiger partial charge in [0.1, 0.15) is 5.75 Å². The Hall–Kier alpha value is -3.07. The topological polar surface area (TPSA) is 125 Å². The third-order valence-electron chi connectivity index (χ3n) is 3.03. The molecule has 0 fully saturated rings. The van der Waals surface area contributed by atoms with Crippen LogP contribution >= 0.6 is 0 Å². The molecule has 0 unspecified atom stereocenters. The summed E-state index contributed by atoms with van der Waals surface area (Å²) in [5.74, 6) is -1.27. The van der Waals surface area contributed by atoms with E-state index in [1.165, 1.54) is 55.6 Å². The number of benzene rings is 2. The molecule has 0 aliphatic carbocycles. The van der Waals surface area contributed by atoms with E-state index in [0.717, 1.165) is 0 Å². The standard InChI is InChI=1S/C15H15N3O5S/c1-16-15(21)17-10-6-8-11(9-7-10)24(22,23)18-14(20)12-4-2-3-5-13(12)19/h2-9,19H,1H3,(H,18,20)(H2,16,17,21). The van der Waals surface area contributed by atoms with Crippen LogP contribution in [0.4, 0.5) is 10.5 Å². The maximum atomic E-state index is 12.2. The second kappa shape index (κ2) is 7.01. The van der Waals surface area contributed by atoms with Crippen molar-refractivity contribution in [3.05, 3.63) is 54.1 Å². The predicted octanol–water partition coefficient (Wildman–Crippen LogP) is 1.26. The molecule has 2 rings (SSSR count). The van der Waals surface area contributed by atoms with Gasteiger partial charge >= 0.3 is 6.03 Å². The van der Waals surface area contributed by atoms with Crippen LogP contribution in [0.5, 0.6) is 5.75 Å². The summed E-state index contributed by atoms with van der Waals surface area (Å²) in [7, 11) is -2.67. The van der Waals surface area contributed by atoms with Crippen molar-refractivity contribution in [3.63, 3.8) is 0 Å². The van der Waals surface area contributed by atoms with Gasteiger partial charge in [-0.15, -0.1) is 0 Å². The molecule has 126 valence electrons. The van der Waals surface area contributed by atoms with E-state index >= 15 is 0 Å². The fraction of sp³-hybridized carbons (Fsp3) is 0.0667. The highest BCUT2D eigenvalue weighted by Crippen LogP contribution is 2.18. The van der Waals surface area contributed by atoms with E-state index in [4.69, 9.17) is 0 Å². The molecule has 3 amide bonds. The summed E-state index contributed by atoms with van der Waals surface area (Å²) in [6, 6.07) is 10.4. The van der Waals surface area contributed by atoms with Gasteiger partial charge in [0, 0.05) is 12.7 Å². The number of amides is 3. The molecule has 24 heavy (non-hydrogen) atoms. The molecule has 0 saturated carbocycles. The van der Waals surface area contributed by atoms with Crippen LogP contribution in [0.3, 0.4) is 0 Å². The second-order valence-electron chi connectivity index (χ2n) is 4.68. The Morgan fingerprint density at radius 2 is 1.62 bits per heavy atom. The van der Waals surface area contributed by atoms with Gasteiger partial charge in [-0.2, -0.15) is 0 Å². The zero-order valence-corrected chi connectivity index (χ0v) is 13.4. The highest BCUT2D eigenvalue weighted by Gasteiger charge is 2.20. The molecule has 0 aromatic heterocycles. The van der Waals surface area contributed by atoms with Crippen molar-refractivity contribution in [1.82, 2.24) is 10.0 Å². The number of aromatic hydroxyl groups is 1. The van der Waals surface area contributed by atoms with E-state index in [-0.39, 0.29) is 16.2 Å². The Labute approximate surface area is 138 Å². The number of para-hydroxylation sites is 1. The summed E-state index contributed by atoms with van der Waals surface area (Å²) in [6.07, 6.45) is 0. The van der Waals surface area contributed by atoms with Crippen LogP contribution in [0.15, 0.2) is 53.4 Å². The zero-order chi connectivity index (χ0) is 17.7. The molecule has 0 radical (unpaired) electrons. The largest absolute Gasteiger partial charge is 0.507 e. The minimum absolute atomic E-state index is 0.154. The molecule has 4 N–H and O–H groups in total. The lowest BCUT2D eigenvalue weighted by molar-refractivity contribution is 0.0979. The van der Waals surface area contributed by atoms with E-state index in [1.54, 1.807) is 0 Å². The van der Waals surface area contributed by atoms with E-state index in [2.05, 4.69) is 10.6 Å². The Morgan fingerprint density at radius 3 is 2.21 bits per heavy atom. The molecular weight excluding hydrogens is 334 g/mol. The lowest BCUT2D eigenvalue weighted by Crippen LogP contribution is -2.30. The van der Waals surface area contributed by atoms with Gasteiger partial charge in [-0.05, 0) is 36.4 Å². The van der Waals surface area contributed by atoms with Gasteiger partial charge < -0.3 is 15.7 Å². The number of carbonyl (C=O) groups is 2. The highest BCUT2D eigenvalue weighted by atomic mass is 32.2. The Morgan fingerprint density at radius 1 is 1.00 bits per heavy atom. The Bertz CT molecular complexity index is 863. The van der Waals surface area contributed by atoms with Crippen LogP contribution in [-0.2, 0) is 10.0 Å². The van der Waals surface area contributed by atoms with E-state index in [1.807, 2.05) is 4.72 Å². The van der Waals surface area contributed by atoms with Gasteiger partial charge in [-0.3, -0.25) is 4.79 Å². The molecule has 0 heterocycles. The number of urea groups is 1. The molecule has 0 aliphatic heterocycles. The number of carbonyl (C=O) groups excluding carboxylic acids is 2. The molecule has 0 spiro atoms. The van der Waals surface area contributed by atoms with Crippen LogP contribution in [0.1, 0.15) is 10.4 Å². The Balaban J connectivity index is 2.17. The summed E-state index contributed by atoms with van der Waals surface area (Å²) in [5.41, 5.74) is 0.235. The summed E-state index contributed by atoms with van der Waals surface area (Å²) in [4.78, 5) is 23.0. The number of nitrogens with one attached hydrogen (secondary N) is 3. The fourth-order valence-corrected chi connectivity index (χ4v) is 2.78. The highest BCUT2D eigenvalue weighted by molar-refractivity contribution is 7.90. The molecule has 0 bridgehead atoms. The van der Waals surface area contributed by atoms with Crippen molar-refractivity contribution in [2.45, 2.75) is 4.90 Å². The van der Waals surface area contributed by atoms with Gasteiger partial charge in [0.05, 0.1) is 10.5 Å². The maximum absolute atomic E-state index is 12.2. The summed E-state index contributed by atoms with van der Waals surface area (Å²) >= 11 is 0. The lowest BCUT2D eigenvalue weighted by atomic mass is 10.2. The molecule has 0 saturated heterocycles. The zero-order valence-electron chi connectivity index (χ0n) is 12.6. The number of sulfonamides is 1. The first-order chi connectivity index (χ1) is 11.3. The van der Waals surface area contributed by atoms with Crippen molar-refractivity contribution < 1.29 is 23.1 Å². The number of rotatable bonds is 4. The van der Waals surface area contributed by atoms with Crippen LogP contribution in [0.25, 0.3) is 0 Å². The molecular formula is C15H15N3O5S. The average Bonchev–Trinajstić information content (AvgIpc) is 2.55. The second-order valence-corrected chi connectivity index (χ2v) is 6.36. The van der Waals surface area contributed by atoms with Crippen molar-refractivity contribution in [3.8, 4) is 5.75 Å². The smallest absolute Gasteiger partial charge is 0.318 e. The van der Waals surface area contributed by atoms with E-state index in [9.17, 15) is 23.1 Å². The van der Waals surface area contributed by atoms with Crippen molar-refractivity contribution >= 4 is 27.6 Å². The summed E-state index contributed by atoms with van der Waals surface area (Å²) < 4.78 is 26.3. The monoisotopic (exact) mass is 349 g/mol. The van der Waals surface area contributed by atoms with Crippen molar-refractivity contribution in [2.24, 2.45) is 0 Å². The fourth-order valence-electron chi connectivity index (χ4n) is 1.81. The maximum Gasteiger partial charge on any atom is 0.318 e. The van der Waals surface area contributed by atoms with Crippen LogP contribution in [0, 0.1) is 0 Å². The van der Waals surface area contributed by atoms with Gasteiger partial charge in [0.25, 0.3) is 15.9 Å². The first kappa shape index (κ1) is 17.3. The van der Waals surface area contributed by atoms with Gasteiger partial charge in [0.2, 0.25) is 0 Å². The van der Waals surface area contributed by atoms with Crippen molar-refractivity contribution in [2.75, 3.05) is 12.4 Å². The van der Waals surface area contributed by atoms with Crippen molar-refractivity contribution in [1.29, 1.82) is 0 Å². The number of phenols is 1. The van der Waals surface area contributed by atoms with E-state index < -0.39 is 22.0 Å². The molecule has 9 heteroatoms. The first-order valence-electron chi connectivity index (χ1n) is 6.77. The molecule has 8 nitrogen and oxygen atoms in total. The number of anilines is 1. The van der Waals surface area contributed by atoms with E-state index in [0.29, 0.717) is 5.69 Å². The molecule has 0 atom stereocenters. The van der Waals surface area contributed by atoms with Crippen LogP contribution < -0.4 is 15.4 Å². The summed E-state index contributed by atoms with van der Waals surface area (Å²) in [6.45, 7) is 0. The normalized spacial score (nSPS) is 10.7. The number of phenolic OH excluding ortho intramolecular Hbond substituents is 1. The predicted molar refractivity (Wildman–Crippen MR) is 87.3 cm³/mol. The Kier molecular flexibility index (Phi) is 5.05. The minimum atomic E-state index is -4.11. The quantitative estimate of drug-likeness (QED) is 0.661. The van der Waals surface area contributed by atoms with Crippen LogP contribution in [-0.4, -0.2) is 32.5 Å². The minimum Gasteiger partial charge on any atom is -0.507 e. The number of hydrogen-bond donors (Lipinski definition) is 4. The van der Waals surface area contributed by atoms with Gasteiger partial charge in [-0.25, -0.2) is 17.9 Å². The first-order valence-corrected chi connectivity index (χ1v) is 8.26. The van der Waals surface area contributed by atoms with Gasteiger partial charge in [-0.1, -0.05) is 12.1 Å². The summed E-state index contributed by atoms with van der Waals surface area (Å²) in [5, 5.41) is 14.4. The molecule has 2 aromatic carbocycles. The third-order valence-corrected chi connectivity index (χ3v) is 4.37. The van der Waals surface area contributed by atoms with Crippen LogP contribution in [0.2, 0.25) is 0 Å².